The minimum Gasteiger partial charge on any atom is -0.377 e. The van der Waals surface area contributed by atoms with E-state index in [0.29, 0.717) is 12.4 Å². The van der Waals surface area contributed by atoms with Crippen LogP contribution in [0.2, 0.25) is 0 Å². The standard InChI is InChI=1S/C16H21N3O3S/c1-12-8-16(22-18-12)17-15(20)11-19(9-13-4-2-6-21-13)10-14-5-3-7-23-14/h3,5,7-8,13H,2,4,6,9-11H2,1H3,(H,17,20). The number of nitrogens with zero attached hydrogens (tertiary/aromatic N) is 2. The van der Waals surface area contributed by atoms with E-state index in [-0.39, 0.29) is 12.0 Å². The van der Waals surface area contributed by atoms with Gasteiger partial charge in [-0.25, -0.2) is 0 Å². The molecule has 3 heterocycles. The van der Waals surface area contributed by atoms with E-state index in [1.807, 2.05) is 13.0 Å². The molecule has 6 nitrogen and oxygen atoms in total. The molecule has 1 fully saturated rings. The van der Waals surface area contributed by atoms with Crippen molar-refractivity contribution in [3.63, 3.8) is 0 Å². The lowest BCUT2D eigenvalue weighted by molar-refractivity contribution is -0.117. The Hall–Kier alpha value is -1.70. The van der Waals surface area contributed by atoms with Crippen LogP contribution in [0.3, 0.4) is 0 Å². The molecule has 23 heavy (non-hydrogen) atoms. The maximum atomic E-state index is 12.3. The molecular weight excluding hydrogens is 314 g/mol. The van der Waals surface area contributed by atoms with Crippen molar-refractivity contribution in [2.45, 2.75) is 32.4 Å². The van der Waals surface area contributed by atoms with Crippen LogP contribution in [0.5, 0.6) is 0 Å². The molecule has 2 aromatic heterocycles. The summed E-state index contributed by atoms with van der Waals surface area (Å²) in [6.07, 6.45) is 2.38. The molecule has 1 amide bonds. The van der Waals surface area contributed by atoms with Gasteiger partial charge in [-0.3, -0.25) is 15.0 Å². The lowest BCUT2D eigenvalue weighted by atomic mass is 10.2. The summed E-state index contributed by atoms with van der Waals surface area (Å²) in [5.41, 5.74) is 0.745. The van der Waals surface area contributed by atoms with Crippen molar-refractivity contribution >= 4 is 23.1 Å². The lowest BCUT2D eigenvalue weighted by Crippen LogP contribution is -2.37. The first-order chi connectivity index (χ1) is 11.2. The second-order valence-electron chi connectivity index (χ2n) is 5.76. The summed E-state index contributed by atoms with van der Waals surface area (Å²) >= 11 is 1.70. The highest BCUT2D eigenvalue weighted by Gasteiger charge is 2.21. The average molecular weight is 335 g/mol. The summed E-state index contributed by atoms with van der Waals surface area (Å²) in [7, 11) is 0. The zero-order valence-electron chi connectivity index (χ0n) is 13.2. The van der Waals surface area contributed by atoms with Gasteiger partial charge in [0.2, 0.25) is 11.8 Å². The predicted molar refractivity (Wildman–Crippen MR) is 88.4 cm³/mol. The van der Waals surface area contributed by atoms with E-state index in [0.717, 1.165) is 38.2 Å². The van der Waals surface area contributed by atoms with Crippen molar-refractivity contribution in [1.82, 2.24) is 10.1 Å². The summed E-state index contributed by atoms with van der Waals surface area (Å²) in [5, 5.41) is 8.57. The van der Waals surface area contributed by atoms with E-state index in [2.05, 4.69) is 26.8 Å². The molecule has 1 N–H and O–H groups in total. The number of amides is 1. The second-order valence-corrected chi connectivity index (χ2v) is 6.80. The number of rotatable bonds is 7. The highest BCUT2D eigenvalue weighted by atomic mass is 32.1. The normalized spacial score (nSPS) is 17.7. The van der Waals surface area contributed by atoms with Crippen molar-refractivity contribution in [2.75, 3.05) is 25.0 Å². The van der Waals surface area contributed by atoms with E-state index >= 15 is 0 Å². The van der Waals surface area contributed by atoms with E-state index in [1.165, 1.54) is 4.88 Å². The molecule has 0 aliphatic carbocycles. The Balaban J connectivity index is 1.58. The number of ether oxygens (including phenoxy) is 1. The number of aromatic nitrogens is 1. The molecule has 7 heteroatoms. The third-order valence-corrected chi connectivity index (χ3v) is 4.56. The minimum absolute atomic E-state index is 0.101. The van der Waals surface area contributed by atoms with Gasteiger partial charge in [0, 0.05) is 30.6 Å². The number of carbonyl (C=O) groups is 1. The molecule has 1 aliphatic heterocycles. The maximum Gasteiger partial charge on any atom is 0.240 e. The van der Waals surface area contributed by atoms with Gasteiger partial charge in [-0.1, -0.05) is 11.2 Å². The summed E-state index contributed by atoms with van der Waals surface area (Å²) in [4.78, 5) is 15.6. The Morgan fingerprint density at radius 1 is 1.57 bits per heavy atom. The van der Waals surface area contributed by atoms with Crippen molar-refractivity contribution in [1.29, 1.82) is 0 Å². The predicted octanol–water partition coefficient (Wildman–Crippen LogP) is 2.66. The second kappa shape index (κ2) is 7.72. The monoisotopic (exact) mass is 335 g/mol. The first-order valence-corrected chi connectivity index (χ1v) is 8.66. The van der Waals surface area contributed by atoms with Gasteiger partial charge in [-0.2, -0.15) is 0 Å². The van der Waals surface area contributed by atoms with Gasteiger partial charge in [0.25, 0.3) is 0 Å². The van der Waals surface area contributed by atoms with Crippen molar-refractivity contribution in [3.8, 4) is 0 Å². The maximum absolute atomic E-state index is 12.3. The fourth-order valence-electron chi connectivity index (χ4n) is 2.69. The van der Waals surface area contributed by atoms with Gasteiger partial charge < -0.3 is 9.26 Å². The molecule has 1 atom stereocenters. The number of aryl methyl sites for hydroxylation is 1. The topological polar surface area (TPSA) is 67.6 Å². The van der Waals surface area contributed by atoms with Crippen LogP contribution in [0.25, 0.3) is 0 Å². The Morgan fingerprint density at radius 2 is 2.48 bits per heavy atom. The van der Waals surface area contributed by atoms with Crippen LogP contribution in [0.15, 0.2) is 28.1 Å². The fraction of sp³-hybridized carbons (Fsp3) is 0.500. The van der Waals surface area contributed by atoms with Gasteiger partial charge in [0.05, 0.1) is 18.3 Å². The van der Waals surface area contributed by atoms with Crippen molar-refractivity contribution in [3.05, 3.63) is 34.2 Å². The van der Waals surface area contributed by atoms with Crippen LogP contribution in [0.4, 0.5) is 5.88 Å². The Kier molecular flexibility index (Phi) is 5.43. The molecule has 1 aliphatic rings. The first-order valence-electron chi connectivity index (χ1n) is 7.78. The van der Waals surface area contributed by atoms with Crippen LogP contribution in [0.1, 0.15) is 23.4 Å². The Bertz CT molecular complexity index is 620. The van der Waals surface area contributed by atoms with Crippen LogP contribution in [0, 0.1) is 6.92 Å². The van der Waals surface area contributed by atoms with Gasteiger partial charge in [0.1, 0.15) is 0 Å². The first kappa shape index (κ1) is 16.2. The Labute approximate surface area is 139 Å². The van der Waals surface area contributed by atoms with Crippen LogP contribution >= 0.6 is 11.3 Å². The minimum atomic E-state index is -0.101. The van der Waals surface area contributed by atoms with Crippen molar-refractivity contribution < 1.29 is 14.1 Å². The molecule has 0 bridgehead atoms. The van der Waals surface area contributed by atoms with Crippen molar-refractivity contribution in [2.24, 2.45) is 0 Å². The van der Waals surface area contributed by atoms with Gasteiger partial charge in [-0.15, -0.1) is 11.3 Å². The summed E-state index contributed by atoms with van der Waals surface area (Å²) in [5.74, 6) is 0.288. The highest BCUT2D eigenvalue weighted by Crippen LogP contribution is 2.17. The zero-order chi connectivity index (χ0) is 16.1. The lowest BCUT2D eigenvalue weighted by Gasteiger charge is -2.23. The van der Waals surface area contributed by atoms with Gasteiger partial charge in [0.15, 0.2) is 0 Å². The van der Waals surface area contributed by atoms with E-state index < -0.39 is 0 Å². The van der Waals surface area contributed by atoms with E-state index in [4.69, 9.17) is 9.26 Å². The summed E-state index contributed by atoms with van der Waals surface area (Å²) in [6, 6.07) is 5.83. The highest BCUT2D eigenvalue weighted by molar-refractivity contribution is 7.09. The van der Waals surface area contributed by atoms with Crippen LogP contribution < -0.4 is 5.32 Å². The molecule has 1 saturated heterocycles. The largest absolute Gasteiger partial charge is 0.377 e. The third-order valence-electron chi connectivity index (χ3n) is 3.70. The smallest absolute Gasteiger partial charge is 0.240 e. The number of hydrogen-bond acceptors (Lipinski definition) is 6. The molecule has 3 rings (SSSR count). The van der Waals surface area contributed by atoms with E-state index in [1.54, 1.807) is 17.4 Å². The third kappa shape index (κ3) is 4.89. The average Bonchev–Trinajstić information content (AvgIpc) is 3.23. The molecule has 2 aromatic rings. The van der Waals surface area contributed by atoms with Gasteiger partial charge >= 0.3 is 0 Å². The molecule has 0 spiro atoms. The Morgan fingerprint density at radius 3 is 3.13 bits per heavy atom. The summed E-state index contributed by atoms with van der Waals surface area (Å²) < 4.78 is 10.7. The van der Waals surface area contributed by atoms with E-state index in [9.17, 15) is 4.79 Å². The number of nitrogens with one attached hydrogen (secondary N) is 1. The van der Waals surface area contributed by atoms with Crippen LogP contribution in [-0.4, -0.2) is 41.8 Å². The molecule has 0 radical (unpaired) electrons. The molecule has 124 valence electrons. The number of carbonyl (C=O) groups excluding carboxylic acids is 1. The molecular formula is C16H21N3O3S. The quantitative estimate of drug-likeness (QED) is 0.842. The molecule has 0 saturated carbocycles. The number of thiophene rings is 1. The zero-order valence-corrected chi connectivity index (χ0v) is 14.0. The number of hydrogen-bond donors (Lipinski definition) is 1. The summed E-state index contributed by atoms with van der Waals surface area (Å²) in [6.45, 7) is 4.46. The molecule has 1 unspecified atom stereocenters. The molecule has 0 aromatic carbocycles. The van der Waals surface area contributed by atoms with Gasteiger partial charge in [-0.05, 0) is 31.2 Å². The number of anilines is 1. The van der Waals surface area contributed by atoms with Crippen LogP contribution in [-0.2, 0) is 16.1 Å². The SMILES string of the molecule is Cc1cc(NC(=O)CN(Cc2cccs2)CC2CCCO2)on1. The fourth-order valence-corrected chi connectivity index (χ4v) is 3.43.